The van der Waals surface area contributed by atoms with E-state index in [0.29, 0.717) is 17.5 Å². The molecule has 7 heteroatoms. The molecule has 2 heterocycles. The van der Waals surface area contributed by atoms with Gasteiger partial charge in [0.25, 0.3) is 0 Å². The second kappa shape index (κ2) is 8.33. The fourth-order valence-corrected chi connectivity index (χ4v) is 6.72. The average Bonchev–Trinajstić information content (AvgIpc) is 3.62. The molecule has 6 rings (SSSR count). The number of amides is 3. The van der Waals surface area contributed by atoms with Crippen LogP contribution in [0.2, 0.25) is 0 Å². The predicted molar refractivity (Wildman–Crippen MR) is 129 cm³/mol. The van der Waals surface area contributed by atoms with Crippen molar-refractivity contribution in [3.8, 4) is 5.75 Å². The van der Waals surface area contributed by atoms with Gasteiger partial charge < -0.3 is 9.64 Å². The quantitative estimate of drug-likeness (QED) is 0.376. The van der Waals surface area contributed by atoms with Gasteiger partial charge in [0.1, 0.15) is 5.75 Å². The highest BCUT2D eigenvalue weighted by Crippen LogP contribution is 2.56. The van der Waals surface area contributed by atoms with Gasteiger partial charge in [-0.3, -0.25) is 19.2 Å². The smallest absolute Gasteiger partial charge is 0.316 e. The third-order valence-electron chi connectivity index (χ3n) is 8.34. The highest BCUT2D eigenvalue weighted by molar-refractivity contribution is 6.22. The Bertz CT molecular complexity index is 1210. The van der Waals surface area contributed by atoms with Crippen molar-refractivity contribution in [2.24, 2.45) is 29.6 Å². The first-order chi connectivity index (χ1) is 17.0. The fraction of sp³-hybridized carbons (Fsp3) is 0.429. The lowest BCUT2D eigenvalue weighted by molar-refractivity contribution is -0.139. The van der Waals surface area contributed by atoms with Gasteiger partial charge in [0.05, 0.1) is 23.4 Å². The molecule has 2 saturated carbocycles. The molecular weight excluding hydrogens is 444 g/mol. The number of fused-ring (bicyclic) bond motifs is 5. The number of benzene rings is 2. The van der Waals surface area contributed by atoms with Gasteiger partial charge in [-0.1, -0.05) is 31.2 Å². The van der Waals surface area contributed by atoms with E-state index in [1.54, 1.807) is 29.2 Å². The second-order valence-corrected chi connectivity index (χ2v) is 10.2. The number of hydrogen-bond acceptors (Lipinski definition) is 5. The highest BCUT2D eigenvalue weighted by atomic mass is 16.5. The summed E-state index contributed by atoms with van der Waals surface area (Å²) in [6, 6.07) is 14.3. The zero-order valence-electron chi connectivity index (χ0n) is 19.7. The Kier molecular flexibility index (Phi) is 5.24. The average molecular weight is 473 g/mol. The maximum atomic E-state index is 13.1. The molecule has 0 radical (unpaired) electrons. The predicted octanol–water partition coefficient (Wildman–Crippen LogP) is 3.74. The molecule has 5 atom stereocenters. The largest absolute Gasteiger partial charge is 0.426 e. The third-order valence-corrected chi connectivity index (χ3v) is 8.34. The number of ether oxygens (including phenoxy) is 1. The summed E-state index contributed by atoms with van der Waals surface area (Å²) in [4.78, 5) is 54.9. The van der Waals surface area contributed by atoms with E-state index in [4.69, 9.17) is 4.74 Å². The van der Waals surface area contributed by atoms with Crippen LogP contribution in [-0.4, -0.2) is 30.2 Å². The Labute approximate surface area is 204 Å². The van der Waals surface area contributed by atoms with E-state index in [1.165, 1.54) is 4.90 Å². The Morgan fingerprint density at radius 1 is 0.971 bits per heavy atom. The number of para-hydroxylation sites is 1. The van der Waals surface area contributed by atoms with Crippen molar-refractivity contribution in [2.45, 2.75) is 39.0 Å². The van der Waals surface area contributed by atoms with Crippen molar-refractivity contribution in [3.63, 3.8) is 0 Å². The standard InChI is InChI=1S/C28H28N2O5/c1-2-16-6-3-4-9-22(16)29-15-19(13-23(29)31)28(34)35-21-8-5-7-20(14-21)30-26(32)24-17-10-11-18(12-17)25(24)27(30)33/h3-9,14,17-19,24-25H,2,10-13,15H2,1H3/t17-,18-,19+,24-,25+/m0/s1. The highest BCUT2D eigenvalue weighted by Gasteiger charge is 2.61. The van der Waals surface area contributed by atoms with E-state index >= 15 is 0 Å². The summed E-state index contributed by atoms with van der Waals surface area (Å²) >= 11 is 0. The number of nitrogens with zero attached hydrogens (tertiary/aromatic N) is 2. The van der Waals surface area contributed by atoms with Crippen LogP contribution in [0.3, 0.4) is 0 Å². The van der Waals surface area contributed by atoms with E-state index in [1.807, 2.05) is 31.2 Å². The third kappa shape index (κ3) is 3.48. The topological polar surface area (TPSA) is 84.0 Å². The van der Waals surface area contributed by atoms with Crippen LogP contribution in [0.1, 0.15) is 38.2 Å². The van der Waals surface area contributed by atoms with Crippen LogP contribution in [0.25, 0.3) is 0 Å². The zero-order chi connectivity index (χ0) is 24.3. The van der Waals surface area contributed by atoms with Gasteiger partial charge in [-0.05, 0) is 61.3 Å². The first kappa shape index (κ1) is 22.0. The first-order valence-electron chi connectivity index (χ1n) is 12.5. The molecule has 0 aromatic heterocycles. The van der Waals surface area contributed by atoms with Gasteiger partial charge in [0.15, 0.2) is 0 Å². The van der Waals surface area contributed by atoms with Crippen molar-refractivity contribution < 1.29 is 23.9 Å². The molecule has 35 heavy (non-hydrogen) atoms. The summed E-state index contributed by atoms with van der Waals surface area (Å²) < 4.78 is 5.64. The number of rotatable bonds is 5. The molecule has 0 N–H and O–H groups in total. The zero-order valence-corrected chi connectivity index (χ0v) is 19.7. The summed E-state index contributed by atoms with van der Waals surface area (Å²) in [5.74, 6) is -0.917. The molecule has 2 aliphatic heterocycles. The van der Waals surface area contributed by atoms with Gasteiger partial charge >= 0.3 is 5.97 Å². The van der Waals surface area contributed by atoms with Crippen LogP contribution >= 0.6 is 0 Å². The van der Waals surface area contributed by atoms with E-state index in [2.05, 4.69) is 0 Å². The molecule has 2 aromatic carbocycles. The Balaban J connectivity index is 1.17. The number of carbonyl (C=O) groups is 4. The summed E-state index contributed by atoms with van der Waals surface area (Å²) in [5, 5.41) is 0. The molecule has 0 spiro atoms. The second-order valence-electron chi connectivity index (χ2n) is 10.2. The summed E-state index contributed by atoms with van der Waals surface area (Å²) in [6.07, 6.45) is 3.91. The molecule has 180 valence electrons. The number of anilines is 2. The van der Waals surface area contributed by atoms with E-state index in [9.17, 15) is 19.2 Å². The number of carbonyl (C=O) groups excluding carboxylic acids is 4. The maximum Gasteiger partial charge on any atom is 0.316 e. The normalized spacial score (nSPS) is 29.3. The molecule has 4 fully saturated rings. The lowest BCUT2D eigenvalue weighted by atomic mass is 9.81. The molecule has 7 nitrogen and oxygen atoms in total. The fourth-order valence-electron chi connectivity index (χ4n) is 6.72. The molecule has 4 aliphatic rings. The lowest BCUT2D eigenvalue weighted by Gasteiger charge is -2.20. The van der Waals surface area contributed by atoms with Gasteiger partial charge in [0.2, 0.25) is 17.7 Å². The molecule has 2 saturated heterocycles. The van der Waals surface area contributed by atoms with Crippen molar-refractivity contribution >= 4 is 35.1 Å². The minimum Gasteiger partial charge on any atom is -0.426 e. The minimum atomic E-state index is -0.582. The van der Waals surface area contributed by atoms with Crippen molar-refractivity contribution in [1.29, 1.82) is 0 Å². The Morgan fingerprint density at radius 2 is 1.69 bits per heavy atom. The Morgan fingerprint density at radius 3 is 2.40 bits per heavy atom. The molecule has 3 amide bonds. The summed E-state index contributed by atoms with van der Waals surface area (Å²) in [5.41, 5.74) is 2.34. The van der Waals surface area contributed by atoms with E-state index in [0.717, 1.165) is 36.9 Å². The van der Waals surface area contributed by atoms with Crippen LogP contribution < -0.4 is 14.5 Å². The van der Waals surface area contributed by atoms with Crippen LogP contribution in [-0.2, 0) is 25.6 Å². The molecule has 2 aliphatic carbocycles. The number of esters is 1. The van der Waals surface area contributed by atoms with Gasteiger partial charge in [0, 0.05) is 24.7 Å². The van der Waals surface area contributed by atoms with Crippen molar-refractivity contribution in [3.05, 3.63) is 54.1 Å². The molecule has 2 bridgehead atoms. The maximum absolute atomic E-state index is 13.1. The van der Waals surface area contributed by atoms with Gasteiger partial charge in [-0.2, -0.15) is 0 Å². The first-order valence-corrected chi connectivity index (χ1v) is 12.5. The molecule has 0 unspecified atom stereocenters. The van der Waals surface area contributed by atoms with Crippen LogP contribution in [0.5, 0.6) is 5.75 Å². The van der Waals surface area contributed by atoms with Crippen molar-refractivity contribution in [1.82, 2.24) is 0 Å². The van der Waals surface area contributed by atoms with E-state index < -0.39 is 11.9 Å². The van der Waals surface area contributed by atoms with Crippen LogP contribution in [0, 0.1) is 29.6 Å². The number of hydrogen-bond donors (Lipinski definition) is 0. The van der Waals surface area contributed by atoms with Gasteiger partial charge in [-0.15, -0.1) is 0 Å². The van der Waals surface area contributed by atoms with Crippen LogP contribution in [0.4, 0.5) is 11.4 Å². The summed E-state index contributed by atoms with van der Waals surface area (Å²) in [7, 11) is 0. The number of aryl methyl sites for hydroxylation is 1. The monoisotopic (exact) mass is 472 g/mol. The molecular formula is C28H28N2O5. The lowest BCUT2D eigenvalue weighted by Crippen LogP contribution is -2.32. The van der Waals surface area contributed by atoms with Crippen LogP contribution in [0.15, 0.2) is 48.5 Å². The minimum absolute atomic E-state index is 0.0891. The SMILES string of the molecule is CCc1ccccc1N1C[C@H](C(=O)Oc2cccc(N3C(=O)[C@@H]4[C@H]5CC[C@@H](C5)[C@@H]4C3=O)c2)CC1=O. The number of imide groups is 1. The van der Waals surface area contributed by atoms with Crippen molar-refractivity contribution in [2.75, 3.05) is 16.3 Å². The van der Waals surface area contributed by atoms with E-state index in [-0.39, 0.29) is 48.3 Å². The van der Waals surface area contributed by atoms with Gasteiger partial charge in [-0.25, -0.2) is 4.90 Å². The summed E-state index contributed by atoms with van der Waals surface area (Å²) in [6.45, 7) is 2.30. The Hall–Kier alpha value is -3.48. The molecule has 2 aromatic rings.